The number of rotatable bonds is 7. The molecule has 0 amide bonds. The van der Waals surface area contributed by atoms with Crippen LogP contribution in [0, 0.1) is 0 Å². The summed E-state index contributed by atoms with van der Waals surface area (Å²) in [5, 5.41) is 39.9. The largest absolute Gasteiger partial charge is 0.496 e. The van der Waals surface area contributed by atoms with Crippen LogP contribution in [0.5, 0.6) is 23.0 Å². The van der Waals surface area contributed by atoms with Crippen molar-refractivity contribution in [3.05, 3.63) is 46.6 Å². The number of hydrogen-bond donors (Lipinski definition) is 4. The SMILES string of the molecule is COc1ccccc1-c1cc(=O)c2c(OC3OC(CO)C(O)C(O)C3O)cc(OC)c(OC)c2o1. The van der Waals surface area contributed by atoms with Gasteiger partial charge in [-0.25, -0.2) is 0 Å². The van der Waals surface area contributed by atoms with E-state index in [-0.39, 0.29) is 34.0 Å². The number of hydrogen-bond acceptors (Lipinski definition) is 11. The van der Waals surface area contributed by atoms with Crippen molar-refractivity contribution in [2.75, 3.05) is 27.9 Å². The maximum Gasteiger partial charge on any atom is 0.229 e. The summed E-state index contributed by atoms with van der Waals surface area (Å²) < 4.78 is 33.5. The van der Waals surface area contributed by atoms with E-state index in [1.54, 1.807) is 24.3 Å². The molecule has 5 unspecified atom stereocenters. The summed E-state index contributed by atoms with van der Waals surface area (Å²) in [5.41, 5.74) is 0.0165. The first-order chi connectivity index (χ1) is 16.8. The molecular formula is C24H26O11. The Labute approximate surface area is 199 Å². The van der Waals surface area contributed by atoms with Crippen molar-refractivity contribution >= 4 is 11.0 Å². The third-order valence-electron chi connectivity index (χ3n) is 5.77. The van der Waals surface area contributed by atoms with E-state index >= 15 is 0 Å². The van der Waals surface area contributed by atoms with Gasteiger partial charge in [0.05, 0.1) is 33.5 Å². The summed E-state index contributed by atoms with van der Waals surface area (Å²) in [6.45, 7) is -0.637. The molecule has 0 bridgehead atoms. The predicted molar refractivity (Wildman–Crippen MR) is 122 cm³/mol. The molecule has 1 aromatic heterocycles. The molecule has 35 heavy (non-hydrogen) atoms. The third kappa shape index (κ3) is 4.40. The number of fused-ring (bicyclic) bond motifs is 1. The van der Waals surface area contributed by atoms with E-state index < -0.39 is 42.7 Å². The number of aliphatic hydroxyl groups is 4. The molecule has 0 radical (unpaired) electrons. The Morgan fingerprint density at radius 2 is 1.60 bits per heavy atom. The minimum atomic E-state index is -1.68. The Balaban J connectivity index is 1.88. The second-order valence-corrected chi connectivity index (χ2v) is 7.80. The van der Waals surface area contributed by atoms with Crippen molar-refractivity contribution in [2.24, 2.45) is 0 Å². The van der Waals surface area contributed by atoms with Gasteiger partial charge in [-0.1, -0.05) is 12.1 Å². The van der Waals surface area contributed by atoms with Gasteiger partial charge in [-0.05, 0) is 12.1 Å². The molecule has 1 fully saturated rings. The third-order valence-corrected chi connectivity index (χ3v) is 5.77. The van der Waals surface area contributed by atoms with Crippen molar-refractivity contribution in [1.82, 2.24) is 0 Å². The van der Waals surface area contributed by atoms with Crippen LogP contribution >= 0.6 is 0 Å². The summed E-state index contributed by atoms with van der Waals surface area (Å²) in [5.74, 6) is 0.861. The van der Waals surface area contributed by atoms with Gasteiger partial charge in [-0.3, -0.25) is 4.79 Å². The maximum absolute atomic E-state index is 13.3. The van der Waals surface area contributed by atoms with Crippen molar-refractivity contribution < 1.29 is 48.5 Å². The standard InChI is InChI=1S/C24H26O11/c1-30-13-7-5-4-6-11(13)14-8-12(26)18-15(9-16(31-2)22(32-3)23(18)33-14)34-24-21(29)20(28)19(27)17(10-25)35-24/h4-9,17,19-21,24-25,27-29H,10H2,1-3H3. The van der Waals surface area contributed by atoms with E-state index in [0.29, 0.717) is 11.3 Å². The van der Waals surface area contributed by atoms with E-state index in [4.69, 9.17) is 28.1 Å². The Morgan fingerprint density at radius 3 is 2.26 bits per heavy atom. The van der Waals surface area contributed by atoms with Crippen LogP contribution in [0.2, 0.25) is 0 Å². The van der Waals surface area contributed by atoms with Gasteiger partial charge in [-0.15, -0.1) is 0 Å². The van der Waals surface area contributed by atoms with Crippen molar-refractivity contribution in [3.63, 3.8) is 0 Å². The number of para-hydroxylation sites is 1. The van der Waals surface area contributed by atoms with Crippen LogP contribution in [-0.4, -0.2) is 79.1 Å². The Hall–Kier alpha value is -3.35. The van der Waals surface area contributed by atoms with Crippen LogP contribution in [-0.2, 0) is 4.74 Å². The predicted octanol–water partition coefficient (Wildman–Crippen LogP) is 0.664. The second kappa shape index (κ2) is 10.1. The molecule has 1 saturated heterocycles. The molecule has 4 N–H and O–H groups in total. The highest BCUT2D eigenvalue weighted by Gasteiger charge is 2.45. The molecule has 11 nitrogen and oxygen atoms in total. The first-order valence-corrected chi connectivity index (χ1v) is 10.7. The minimum absolute atomic E-state index is 0.000142. The molecule has 1 aliphatic heterocycles. The molecule has 0 saturated carbocycles. The first kappa shape index (κ1) is 24.8. The first-order valence-electron chi connectivity index (χ1n) is 10.7. The van der Waals surface area contributed by atoms with Gasteiger partial charge in [0.15, 0.2) is 16.8 Å². The molecule has 4 rings (SSSR count). The van der Waals surface area contributed by atoms with E-state index in [1.807, 2.05) is 0 Å². The smallest absolute Gasteiger partial charge is 0.229 e. The lowest BCUT2D eigenvalue weighted by molar-refractivity contribution is -0.277. The van der Waals surface area contributed by atoms with E-state index in [2.05, 4.69) is 0 Å². The summed E-state index contributed by atoms with van der Waals surface area (Å²) in [7, 11) is 4.25. The molecular weight excluding hydrogens is 464 g/mol. The van der Waals surface area contributed by atoms with Crippen LogP contribution in [0.25, 0.3) is 22.3 Å². The van der Waals surface area contributed by atoms with Crippen LogP contribution in [0.4, 0.5) is 0 Å². The average molecular weight is 490 g/mol. The topological polar surface area (TPSA) is 157 Å². The fourth-order valence-corrected chi connectivity index (χ4v) is 3.96. The average Bonchev–Trinajstić information content (AvgIpc) is 2.88. The van der Waals surface area contributed by atoms with Gasteiger partial charge in [0.2, 0.25) is 12.0 Å². The van der Waals surface area contributed by atoms with Gasteiger partial charge >= 0.3 is 0 Å². The molecule has 2 heterocycles. The Bertz CT molecular complexity index is 1250. The summed E-state index contributed by atoms with van der Waals surface area (Å²) in [6.07, 6.45) is -7.63. The molecule has 1 aliphatic rings. The lowest BCUT2D eigenvalue weighted by Crippen LogP contribution is -2.60. The number of ether oxygens (including phenoxy) is 5. The van der Waals surface area contributed by atoms with Crippen molar-refractivity contribution in [1.29, 1.82) is 0 Å². The summed E-state index contributed by atoms with van der Waals surface area (Å²) in [4.78, 5) is 13.3. The van der Waals surface area contributed by atoms with E-state index in [1.165, 1.54) is 33.5 Å². The summed E-state index contributed by atoms with van der Waals surface area (Å²) >= 11 is 0. The molecule has 11 heteroatoms. The lowest BCUT2D eigenvalue weighted by Gasteiger charge is -2.39. The zero-order valence-electron chi connectivity index (χ0n) is 19.2. The van der Waals surface area contributed by atoms with E-state index in [9.17, 15) is 25.2 Å². The molecule has 0 spiro atoms. The van der Waals surface area contributed by atoms with Crippen LogP contribution in [0.3, 0.4) is 0 Å². The maximum atomic E-state index is 13.3. The summed E-state index contributed by atoms with van der Waals surface area (Å²) in [6, 6.07) is 9.58. The second-order valence-electron chi connectivity index (χ2n) is 7.80. The number of benzene rings is 2. The van der Waals surface area contributed by atoms with Gasteiger partial charge in [0.1, 0.15) is 47.1 Å². The van der Waals surface area contributed by atoms with Gasteiger partial charge in [-0.2, -0.15) is 0 Å². The minimum Gasteiger partial charge on any atom is -0.496 e. The highest BCUT2D eigenvalue weighted by Crippen LogP contribution is 2.43. The quantitative estimate of drug-likeness (QED) is 0.369. The zero-order valence-corrected chi connectivity index (χ0v) is 19.2. The van der Waals surface area contributed by atoms with Gasteiger partial charge in [0.25, 0.3) is 0 Å². The molecule has 0 aliphatic carbocycles. The molecule has 3 aromatic rings. The van der Waals surface area contributed by atoms with Crippen LogP contribution in [0.1, 0.15) is 0 Å². The Morgan fingerprint density at radius 1 is 0.886 bits per heavy atom. The highest BCUT2D eigenvalue weighted by molar-refractivity contribution is 5.92. The van der Waals surface area contributed by atoms with Crippen LogP contribution < -0.4 is 24.4 Å². The van der Waals surface area contributed by atoms with Crippen molar-refractivity contribution in [3.8, 4) is 34.3 Å². The van der Waals surface area contributed by atoms with Gasteiger partial charge < -0.3 is 48.5 Å². The van der Waals surface area contributed by atoms with E-state index in [0.717, 1.165) is 0 Å². The fraction of sp³-hybridized carbons (Fsp3) is 0.375. The monoisotopic (exact) mass is 490 g/mol. The molecule has 188 valence electrons. The number of aliphatic hydroxyl groups excluding tert-OH is 4. The van der Waals surface area contributed by atoms with Gasteiger partial charge in [0, 0.05) is 12.1 Å². The zero-order chi connectivity index (χ0) is 25.3. The van der Waals surface area contributed by atoms with Crippen LogP contribution in [0.15, 0.2) is 45.6 Å². The Kier molecular flexibility index (Phi) is 7.15. The highest BCUT2D eigenvalue weighted by atomic mass is 16.7. The van der Waals surface area contributed by atoms with Crippen molar-refractivity contribution in [2.45, 2.75) is 30.7 Å². The molecule has 2 aromatic carbocycles. The normalized spacial score (nSPS) is 24.3. The lowest BCUT2D eigenvalue weighted by atomic mass is 9.99. The fourth-order valence-electron chi connectivity index (χ4n) is 3.96. The number of methoxy groups -OCH3 is 3. The molecule has 5 atom stereocenters.